The van der Waals surface area contributed by atoms with Gasteiger partial charge in [0.15, 0.2) is 11.5 Å². The van der Waals surface area contributed by atoms with Gasteiger partial charge in [0.1, 0.15) is 6.10 Å². The van der Waals surface area contributed by atoms with Gasteiger partial charge in [-0.3, -0.25) is 19.4 Å². The monoisotopic (exact) mass is 506 g/mol. The van der Waals surface area contributed by atoms with Crippen molar-refractivity contribution in [1.29, 1.82) is 0 Å². The molecule has 2 N–H and O–H groups in total. The number of carbonyl (C=O) groups excluding carboxylic acids is 2. The molecule has 8 rings (SSSR count). The minimum absolute atomic E-state index is 0.0478. The lowest BCUT2D eigenvalue weighted by Crippen LogP contribution is -2.78. The molecule has 7 nitrogen and oxygen atoms in total. The number of hydrogen-bond donors (Lipinski definition) is 2. The van der Waals surface area contributed by atoms with Crippen LogP contribution in [0.1, 0.15) is 63.9 Å². The van der Waals surface area contributed by atoms with Crippen molar-refractivity contribution in [2.45, 2.75) is 67.7 Å². The van der Waals surface area contributed by atoms with Gasteiger partial charge in [-0.05, 0) is 80.8 Å². The number of halogens is 1. The molecule has 1 spiro atoms. The third-order valence-corrected chi connectivity index (χ3v) is 10.2. The standard InChI is InChI=1S/C28H27ClN2O5/c29-16-4-5-17-18(12-16)26(34)31(25(17)33)19-7-8-28(35)21-11-15-3-6-20(32)23-22(15)27(28,24(19)36-23)9-10-30(21)13-14-1-2-14/h3-6,12,14,19,21,24,32,35H,1-2,7-11,13H2/t19-,21-,24-,27+,28-/m1/s1. The number of amides is 2. The summed E-state index contributed by atoms with van der Waals surface area (Å²) in [6, 6.07) is 7.81. The van der Waals surface area contributed by atoms with Crippen molar-refractivity contribution in [2.75, 3.05) is 13.1 Å². The number of rotatable bonds is 3. The summed E-state index contributed by atoms with van der Waals surface area (Å²) in [4.78, 5) is 30.9. The van der Waals surface area contributed by atoms with Crippen molar-refractivity contribution in [3.8, 4) is 11.5 Å². The number of fused-ring (bicyclic) bond motifs is 1. The molecule has 2 saturated carbocycles. The normalized spacial score (nSPS) is 36.1. The van der Waals surface area contributed by atoms with E-state index in [1.165, 1.54) is 17.7 Å². The van der Waals surface area contributed by atoms with Crippen LogP contribution in [-0.4, -0.2) is 68.7 Å². The lowest BCUT2D eigenvalue weighted by Gasteiger charge is -2.64. The smallest absolute Gasteiger partial charge is 0.261 e. The molecule has 36 heavy (non-hydrogen) atoms. The number of phenols is 1. The van der Waals surface area contributed by atoms with Crippen LogP contribution in [-0.2, 0) is 11.8 Å². The topological polar surface area (TPSA) is 90.3 Å². The van der Waals surface area contributed by atoms with E-state index in [1.807, 2.05) is 6.07 Å². The predicted octanol–water partition coefficient (Wildman–Crippen LogP) is 3.27. The maximum absolute atomic E-state index is 13.6. The van der Waals surface area contributed by atoms with Gasteiger partial charge in [0.25, 0.3) is 11.8 Å². The van der Waals surface area contributed by atoms with Crippen LogP contribution in [0.25, 0.3) is 0 Å². The molecule has 5 atom stereocenters. The minimum atomic E-state index is -1.06. The Hall–Kier alpha value is -2.61. The van der Waals surface area contributed by atoms with E-state index >= 15 is 0 Å². The zero-order valence-corrected chi connectivity index (χ0v) is 20.5. The minimum Gasteiger partial charge on any atom is -0.504 e. The summed E-state index contributed by atoms with van der Waals surface area (Å²) in [6.07, 6.45) is 4.15. The van der Waals surface area contributed by atoms with E-state index in [4.69, 9.17) is 16.3 Å². The van der Waals surface area contributed by atoms with Gasteiger partial charge in [0.05, 0.1) is 28.2 Å². The number of carbonyl (C=O) groups is 2. The van der Waals surface area contributed by atoms with Gasteiger partial charge in [-0.25, -0.2) is 0 Å². The van der Waals surface area contributed by atoms with E-state index in [2.05, 4.69) is 4.90 Å². The van der Waals surface area contributed by atoms with Gasteiger partial charge < -0.3 is 14.9 Å². The largest absolute Gasteiger partial charge is 0.504 e. The van der Waals surface area contributed by atoms with Crippen molar-refractivity contribution < 1.29 is 24.5 Å². The van der Waals surface area contributed by atoms with E-state index in [1.54, 1.807) is 24.3 Å². The van der Waals surface area contributed by atoms with Gasteiger partial charge >= 0.3 is 0 Å². The number of phenolic OH excluding ortho intramolecular Hbond substituents is 1. The highest BCUT2D eigenvalue weighted by Gasteiger charge is 2.74. The summed E-state index contributed by atoms with van der Waals surface area (Å²) < 4.78 is 6.55. The summed E-state index contributed by atoms with van der Waals surface area (Å²) >= 11 is 6.15. The third-order valence-electron chi connectivity index (χ3n) is 9.94. The lowest BCUT2D eigenvalue weighted by atomic mass is 9.48. The van der Waals surface area contributed by atoms with Crippen molar-refractivity contribution in [3.63, 3.8) is 0 Å². The number of aromatic hydroxyl groups is 1. The first-order chi connectivity index (χ1) is 17.3. The molecule has 0 radical (unpaired) electrons. The average molecular weight is 507 g/mol. The molecule has 0 unspecified atom stereocenters. The SMILES string of the molecule is O=C1c2ccc(Cl)cc2C(=O)N1[C@@H]1CC[C@@]2(O)[C@H]3Cc4ccc(O)c5c4[C@@]2(CCN3CC2CC2)[C@@H]1O5. The number of ether oxygens (including phenoxy) is 1. The van der Waals surface area contributed by atoms with Crippen LogP contribution < -0.4 is 4.74 Å². The maximum atomic E-state index is 13.6. The molecular formula is C28H27ClN2O5. The number of nitrogens with zero attached hydrogens (tertiary/aromatic N) is 2. The van der Waals surface area contributed by atoms with Crippen LogP contribution in [0, 0.1) is 5.92 Å². The van der Waals surface area contributed by atoms with Gasteiger partial charge in [0.2, 0.25) is 0 Å². The van der Waals surface area contributed by atoms with Gasteiger partial charge in [-0.1, -0.05) is 17.7 Å². The highest BCUT2D eigenvalue weighted by molar-refractivity contribution is 6.32. The Morgan fingerprint density at radius 1 is 1.06 bits per heavy atom. The Morgan fingerprint density at radius 2 is 1.86 bits per heavy atom. The first-order valence-corrected chi connectivity index (χ1v) is 13.4. The molecule has 2 aromatic carbocycles. The molecule has 3 aliphatic heterocycles. The highest BCUT2D eigenvalue weighted by Crippen LogP contribution is 2.66. The Bertz CT molecular complexity index is 1370. The predicted molar refractivity (Wildman–Crippen MR) is 131 cm³/mol. The van der Waals surface area contributed by atoms with E-state index in [0.29, 0.717) is 53.5 Å². The number of piperidine rings is 1. The molecule has 2 bridgehead atoms. The zero-order valence-electron chi connectivity index (χ0n) is 19.7. The van der Waals surface area contributed by atoms with Crippen LogP contribution in [0.2, 0.25) is 5.02 Å². The fourth-order valence-electron chi connectivity index (χ4n) is 8.25. The molecule has 3 fully saturated rings. The summed E-state index contributed by atoms with van der Waals surface area (Å²) in [5, 5.41) is 23.8. The zero-order chi connectivity index (χ0) is 24.6. The molecule has 186 valence electrons. The van der Waals surface area contributed by atoms with Crippen molar-refractivity contribution in [3.05, 3.63) is 57.6 Å². The number of aliphatic hydroxyl groups is 1. The molecular weight excluding hydrogens is 480 g/mol. The third kappa shape index (κ3) is 2.42. The van der Waals surface area contributed by atoms with Crippen LogP contribution >= 0.6 is 11.6 Å². The lowest BCUT2D eigenvalue weighted by molar-refractivity contribution is -0.196. The highest BCUT2D eigenvalue weighted by atomic mass is 35.5. The number of imide groups is 1. The van der Waals surface area contributed by atoms with Crippen molar-refractivity contribution in [2.24, 2.45) is 5.92 Å². The van der Waals surface area contributed by atoms with Crippen LogP contribution in [0.15, 0.2) is 30.3 Å². The van der Waals surface area contributed by atoms with Gasteiger partial charge in [-0.2, -0.15) is 0 Å². The van der Waals surface area contributed by atoms with E-state index in [0.717, 1.165) is 24.2 Å². The summed E-state index contributed by atoms with van der Waals surface area (Å²) in [6.45, 7) is 1.82. The van der Waals surface area contributed by atoms with Gasteiger partial charge in [0, 0.05) is 23.2 Å². The van der Waals surface area contributed by atoms with Crippen LogP contribution in [0.5, 0.6) is 11.5 Å². The fourth-order valence-corrected chi connectivity index (χ4v) is 8.42. The molecule has 6 aliphatic rings. The first kappa shape index (κ1) is 21.5. The number of likely N-dealkylation sites (tertiary alicyclic amines) is 1. The van der Waals surface area contributed by atoms with Crippen molar-refractivity contribution in [1.82, 2.24) is 9.80 Å². The van der Waals surface area contributed by atoms with E-state index in [-0.39, 0.29) is 23.6 Å². The van der Waals surface area contributed by atoms with E-state index < -0.39 is 23.2 Å². The van der Waals surface area contributed by atoms with Gasteiger partial charge in [-0.15, -0.1) is 0 Å². The van der Waals surface area contributed by atoms with Crippen molar-refractivity contribution >= 4 is 23.4 Å². The Labute approximate surface area is 213 Å². The molecule has 2 amide bonds. The second-order valence-corrected chi connectivity index (χ2v) is 12.0. The average Bonchev–Trinajstić information content (AvgIpc) is 3.55. The van der Waals surface area contributed by atoms with Crippen LogP contribution in [0.3, 0.4) is 0 Å². The molecule has 3 aliphatic carbocycles. The molecule has 0 aromatic heterocycles. The number of hydrogen-bond acceptors (Lipinski definition) is 6. The van der Waals surface area contributed by atoms with E-state index in [9.17, 15) is 19.8 Å². The Balaban J connectivity index is 1.27. The Morgan fingerprint density at radius 3 is 2.67 bits per heavy atom. The van der Waals surface area contributed by atoms with Crippen LogP contribution in [0.4, 0.5) is 0 Å². The first-order valence-electron chi connectivity index (χ1n) is 13.0. The number of benzene rings is 2. The quantitative estimate of drug-likeness (QED) is 0.621. The summed E-state index contributed by atoms with van der Waals surface area (Å²) in [5.74, 6) is 0.452. The second-order valence-electron chi connectivity index (χ2n) is 11.6. The molecule has 1 saturated heterocycles. The fraction of sp³-hybridized carbons (Fsp3) is 0.500. The summed E-state index contributed by atoms with van der Waals surface area (Å²) in [5.41, 5.74) is 0.801. The summed E-state index contributed by atoms with van der Waals surface area (Å²) in [7, 11) is 0. The molecule has 8 heteroatoms. The maximum Gasteiger partial charge on any atom is 0.261 e. The Kier molecular flexibility index (Phi) is 4.07. The second kappa shape index (κ2) is 6.82. The molecule has 3 heterocycles. The molecule has 2 aromatic rings.